The molecular weight excluding hydrogens is 378 g/mol. The number of rotatable bonds is 7. The normalized spacial score (nSPS) is 14.0. The van der Waals surface area contributed by atoms with Crippen molar-refractivity contribution in [3.05, 3.63) is 65.2 Å². The molecule has 7 nitrogen and oxygen atoms in total. The summed E-state index contributed by atoms with van der Waals surface area (Å²) in [6.07, 6.45) is 1.56. The molecule has 3 N–H and O–H groups in total. The molecule has 0 radical (unpaired) electrons. The van der Waals surface area contributed by atoms with E-state index in [0.29, 0.717) is 31.0 Å². The number of nitrogens with zero attached hydrogens (tertiary/aromatic N) is 2. The first-order chi connectivity index (χ1) is 14.6. The van der Waals surface area contributed by atoms with Crippen LogP contribution in [0.5, 0.6) is 0 Å². The standard InChI is InChI=1S/C23H29N5O2/c1-3-25-23(27-16-18-6-4-7-19(14-18)22(30)24-2)26-15-17-9-11-20(12-10-17)28-13-5-8-21(28)29/h4,6-7,9-12,14H,3,5,8,13,15-16H2,1-2H3,(H,24,30)(H2,25,26,27). The number of nitrogens with one attached hydrogen (secondary N) is 3. The Morgan fingerprint density at radius 3 is 2.57 bits per heavy atom. The lowest BCUT2D eigenvalue weighted by Crippen LogP contribution is -2.36. The lowest BCUT2D eigenvalue weighted by atomic mass is 10.1. The van der Waals surface area contributed by atoms with E-state index in [2.05, 4.69) is 20.9 Å². The van der Waals surface area contributed by atoms with Crippen LogP contribution in [0.1, 0.15) is 41.3 Å². The number of hydrogen-bond acceptors (Lipinski definition) is 3. The Bertz CT molecular complexity index is 908. The van der Waals surface area contributed by atoms with Crippen molar-refractivity contribution >= 4 is 23.5 Å². The van der Waals surface area contributed by atoms with Gasteiger partial charge in [-0.1, -0.05) is 24.3 Å². The molecule has 3 rings (SSSR count). The first-order valence-corrected chi connectivity index (χ1v) is 10.3. The van der Waals surface area contributed by atoms with E-state index in [1.807, 2.05) is 54.3 Å². The van der Waals surface area contributed by atoms with Gasteiger partial charge in [-0.2, -0.15) is 0 Å². The maximum absolute atomic E-state index is 11.9. The summed E-state index contributed by atoms with van der Waals surface area (Å²) in [5, 5.41) is 9.21. The van der Waals surface area contributed by atoms with E-state index < -0.39 is 0 Å². The fourth-order valence-corrected chi connectivity index (χ4v) is 3.37. The van der Waals surface area contributed by atoms with Crippen molar-refractivity contribution in [3.8, 4) is 0 Å². The van der Waals surface area contributed by atoms with E-state index in [1.165, 1.54) is 0 Å². The summed E-state index contributed by atoms with van der Waals surface area (Å²) in [6, 6.07) is 15.5. The van der Waals surface area contributed by atoms with Crippen LogP contribution in [0.2, 0.25) is 0 Å². The van der Waals surface area contributed by atoms with Crippen molar-refractivity contribution in [3.63, 3.8) is 0 Å². The number of aliphatic imine (C=N–C) groups is 1. The van der Waals surface area contributed by atoms with Crippen molar-refractivity contribution in [2.24, 2.45) is 4.99 Å². The zero-order valence-corrected chi connectivity index (χ0v) is 17.6. The molecule has 0 saturated carbocycles. The summed E-state index contributed by atoms with van der Waals surface area (Å²) in [4.78, 5) is 30.1. The predicted molar refractivity (Wildman–Crippen MR) is 120 cm³/mol. The molecule has 0 spiro atoms. The van der Waals surface area contributed by atoms with E-state index in [1.54, 1.807) is 13.1 Å². The lowest BCUT2D eigenvalue weighted by Gasteiger charge is -2.16. The molecule has 0 unspecified atom stereocenters. The average molecular weight is 408 g/mol. The molecule has 30 heavy (non-hydrogen) atoms. The molecule has 2 aromatic carbocycles. The van der Waals surface area contributed by atoms with Crippen LogP contribution >= 0.6 is 0 Å². The summed E-state index contributed by atoms with van der Waals surface area (Å²) < 4.78 is 0. The van der Waals surface area contributed by atoms with Crippen molar-refractivity contribution in [2.75, 3.05) is 25.0 Å². The molecule has 1 aliphatic heterocycles. The molecule has 158 valence electrons. The van der Waals surface area contributed by atoms with Gasteiger partial charge >= 0.3 is 0 Å². The van der Waals surface area contributed by atoms with Gasteiger partial charge in [0.2, 0.25) is 5.91 Å². The molecule has 2 aromatic rings. The van der Waals surface area contributed by atoms with Gasteiger partial charge in [-0.05, 0) is 48.7 Å². The third-order valence-electron chi connectivity index (χ3n) is 4.96. The smallest absolute Gasteiger partial charge is 0.251 e. The van der Waals surface area contributed by atoms with Gasteiger partial charge in [-0.25, -0.2) is 4.99 Å². The van der Waals surface area contributed by atoms with Gasteiger partial charge in [0.15, 0.2) is 5.96 Å². The third kappa shape index (κ3) is 5.59. The molecule has 1 heterocycles. The SMILES string of the molecule is CCNC(=NCc1cccc(C(=O)NC)c1)NCc1ccc(N2CCCC2=O)cc1. The van der Waals surface area contributed by atoms with Crippen LogP contribution < -0.4 is 20.9 Å². The highest BCUT2D eigenvalue weighted by atomic mass is 16.2. The molecule has 0 aliphatic carbocycles. The van der Waals surface area contributed by atoms with Crippen LogP contribution in [-0.2, 0) is 17.9 Å². The molecular formula is C23H29N5O2. The Balaban J connectivity index is 1.60. The predicted octanol–water partition coefficient (Wildman–Crippen LogP) is 2.43. The Labute approximate surface area is 177 Å². The van der Waals surface area contributed by atoms with Crippen LogP contribution in [0.25, 0.3) is 0 Å². The summed E-state index contributed by atoms with van der Waals surface area (Å²) in [5.41, 5.74) is 3.66. The van der Waals surface area contributed by atoms with Gasteiger partial charge in [-0.3, -0.25) is 9.59 Å². The van der Waals surface area contributed by atoms with E-state index in [4.69, 9.17) is 0 Å². The Morgan fingerprint density at radius 1 is 1.10 bits per heavy atom. The van der Waals surface area contributed by atoms with Crippen LogP contribution in [0.3, 0.4) is 0 Å². The zero-order chi connectivity index (χ0) is 21.3. The minimum absolute atomic E-state index is 0.107. The summed E-state index contributed by atoms with van der Waals surface area (Å²) in [5.74, 6) is 0.800. The molecule has 0 atom stereocenters. The lowest BCUT2D eigenvalue weighted by molar-refractivity contribution is -0.117. The first kappa shape index (κ1) is 21.4. The van der Waals surface area contributed by atoms with Gasteiger partial charge in [-0.15, -0.1) is 0 Å². The first-order valence-electron chi connectivity index (χ1n) is 10.3. The largest absolute Gasteiger partial charge is 0.357 e. The number of carbonyl (C=O) groups excluding carboxylic acids is 2. The zero-order valence-electron chi connectivity index (χ0n) is 17.6. The molecule has 2 amide bonds. The number of hydrogen-bond donors (Lipinski definition) is 3. The fraction of sp³-hybridized carbons (Fsp3) is 0.348. The topological polar surface area (TPSA) is 85.8 Å². The Kier molecular flexibility index (Phi) is 7.43. The minimum atomic E-state index is -0.107. The highest BCUT2D eigenvalue weighted by Gasteiger charge is 2.21. The van der Waals surface area contributed by atoms with Crippen molar-refractivity contribution in [1.29, 1.82) is 0 Å². The molecule has 0 bridgehead atoms. The van der Waals surface area contributed by atoms with Gasteiger partial charge < -0.3 is 20.9 Å². The Hall–Kier alpha value is -3.35. The number of amides is 2. The minimum Gasteiger partial charge on any atom is -0.357 e. The quantitative estimate of drug-likeness (QED) is 0.486. The summed E-state index contributed by atoms with van der Waals surface area (Å²) in [6.45, 7) is 4.66. The molecule has 1 aliphatic rings. The van der Waals surface area contributed by atoms with Crippen molar-refractivity contribution in [1.82, 2.24) is 16.0 Å². The maximum atomic E-state index is 11.9. The summed E-state index contributed by atoms with van der Waals surface area (Å²) >= 11 is 0. The molecule has 0 aromatic heterocycles. The van der Waals surface area contributed by atoms with E-state index in [-0.39, 0.29) is 11.8 Å². The van der Waals surface area contributed by atoms with Crippen LogP contribution in [0, 0.1) is 0 Å². The van der Waals surface area contributed by atoms with Gasteiger partial charge in [0.1, 0.15) is 0 Å². The second kappa shape index (κ2) is 10.4. The van der Waals surface area contributed by atoms with Crippen molar-refractivity contribution < 1.29 is 9.59 Å². The fourth-order valence-electron chi connectivity index (χ4n) is 3.37. The number of anilines is 1. The van der Waals surface area contributed by atoms with Crippen LogP contribution in [-0.4, -0.2) is 37.9 Å². The van der Waals surface area contributed by atoms with Crippen LogP contribution in [0.15, 0.2) is 53.5 Å². The summed E-state index contributed by atoms with van der Waals surface area (Å²) in [7, 11) is 1.62. The average Bonchev–Trinajstić information content (AvgIpc) is 3.21. The monoisotopic (exact) mass is 407 g/mol. The van der Waals surface area contributed by atoms with E-state index in [9.17, 15) is 9.59 Å². The van der Waals surface area contributed by atoms with Crippen molar-refractivity contribution in [2.45, 2.75) is 32.9 Å². The number of carbonyl (C=O) groups is 2. The highest BCUT2D eigenvalue weighted by molar-refractivity contribution is 5.95. The van der Waals surface area contributed by atoms with Crippen LogP contribution in [0.4, 0.5) is 5.69 Å². The van der Waals surface area contributed by atoms with Gasteiger partial charge in [0.05, 0.1) is 6.54 Å². The third-order valence-corrected chi connectivity index (χ3v) is 4.96. The number of benzene rings is 2. The second-order valence-corrected chi connectivity index (χ2v) is 7.14. The molecule has 7 heteroatoms. The molecule has 1 fully saturated rings. The second-order valence-electron chi connectivity index (χ2n) is 7.14. The van der Waals surface area contributed by atoms with E-state index >= 15 is 0 Å². The van der Waals surface area contributed by atoms with Gasteiger partial charge in [0, 0.05) is 44.4 Å². The maximum Gasteiger partial charge on any atom is 0.251 e. The Morgan fingerprint density at radius 2 is 1.90 bits per heavy atom. The highest BCUT2D eigenvalue weighted by Crippen LogP contribution is 2.21. The molecule has 1 saturated heterocycles. The number of guanidine groups is 1. The van der Waals surface area contributed by atoms with Gasteiger partial charge in [0.25, 0.3) is 5.91 Å². The van der Waals surface area contributed by atoms with E-state index in [0.717, 1.165) is 36.3 Å².